The van der Waals surface area contributed by atoms with Crippen LogP contribution in [0.5, 0.6) is 0 Å². The lowest BCUT2D eigenvalue weighted by atomic mass is 9.92. The number of hydrogen-bond acceptors (Lipinski definition) is 6. The van der Waals surface area contributed by atoms with E-state index in [0.717, 1.165) is 38.8 Å². The van der Waals surface area contributed by atoms with Gasteiger partial charge in [-0.2, -0.15) is 5.26 Å². The summed E-state index contributed by atoms with van der Waals surface area (Å²) in [7, 11) is 0. The fourth-order valence-corrected chi connectivity index (χ4v) is 5.11. The molecule has 214 valence electrons. The predicted molar refractivity (Wildman–Crippen MR) is 151 cm³/mol. The Hall–Kier alpha value is -3.84. The van der Waals surface area contributed by atoms with Gasteiger partial charge in [-0.3, -0.25) is 19.4 Å². The van der Waals surface area contributed by atoms with Gasteiger partial charge in [-0.1, -0.05) is 12.1 Å². The van der Waals surface area contributed by atoms with Crippen LogP contribution < -0.4 is 10.6 Å². The zero-order valence-corrected chi connectivity index (χ0v) is 22.9. The van der Waals surface area contributed by atoms with E-state index in [4.69, 9.17) is 5.26 Å². The van der Waals surface area contributed by atoms with Gasteiger partial charge in [-0.25, -0.2) is 4.39 Å². The third kappa shape index (κ3) is 9.42. The molecule has 3 N–H and O–H groups in total. The lowest BCUT2D eigenvalue weighted by Crippen LogP contribution is -2.47. The van der Waals surface area contributed by atoms with Gasteiger partial charge in [0.05, 0.1) is 23.9 Å². The molecule has 2 unspecified atom stereocenters. The van der Waals surface area contributed by atoms with E-state index in [1.807, 2.05) is 6.07 Å². The van der Waals surface area contributed by atoms with Crippen LogP contribution in [0.3, 0.4) is 0 Å². The number of aliphatic imine (C=N–C) groups is 1. The Morgan fingerprint density at radius 3 is 2.77 bits per heavy atom. The van der Waals surface area contributed by atoms with E-state index in [2.05, 4.69) is 15.6 Å². The molecule has 9 nitrogen and oxygen atoms in total. The monoisotopic (exact) mass is 551 g/mol. The second-order valence-electron chi connectivity index (χ2n) is 10.3. The average Bonchev–Trinajstić information content (AvgIpc) is 2.96. The summed E-state index contributed by atoms with van der Waals surface area (Å²) < 4.78 is 13.7. The fraction of sp³-hybridized carbons (Fsp3) is 0.500. The molecule has 40 heavy (non-hydrogen) atoms. The Balaban J connectivity index is 1.56. The third-order valence-corrected chi connectivity index (χ3v) is 7.44. The molecule has 0 radical (unpaired) electrons. The van der Waals surface area contributed by atoms with Gasteiger partial charge in [0.25, 0.3) is 0 Å². The first kappa shape index (κ1) is 30.7. The zero-order chi connectivity index (χ0) is 28.9. The normalized spacial score (nSPS) is 19.5. The maximum atomic E-state index is 13.7. The van der Waals surface area contributed by atoms with Crippen molar-refractivity contribution in [2.75, 3.05) is 26.2 Å². The van der Waals surface area contributed by atoms with Crippen molar-refractivity contribution in [3.05, 3.63) is 53.5 Å². The molecular formula is C30H38FN5O4. The number of hydrogen-bond donors (Lipinski definition) is 3. The van der Waals surface area contributed by atoms with Crippen LogP contribution in [0.1, 0.15) is 63.0 Å². The summed E-state index contributed by atoms with van der Waals surface area (Å²) in [5, 5.41) is 24.5. The number of amides is 2. The maximum Gasteiger partial charge on any atom is 0.305 e. The number of rotatable bonds is 11. The largest absolute Gasteiger partial charge is 0.481 e. The molecular weight excluding hydrogens is 513 g/mol. The molecule has 2 amide bonds. The summed E-state index contributed by atoms with van der Waals surface area (Å²) in [6.45, 7) is 4.75. The number of carbonyl (C=O) groups is 3. The molecule has 2 atom stereocenters. The highest BCUT2D eigenvalue weighted by Gasteiger charge is 2.29. The van der Waals surface area contributed by atoms with Crippen molar-refractivity contribution in [1.29, 1.82) is 5.26 Å². The smallest absolute Gasteiger partial charge is 0.305 e. The number of allylic oxidation sites excluding steroid dienone is 2. The number of piperidine rings is 2. The molecule has 2 saturated heterocycles. The molecule has 2 aliphatic heterocycles. The number of nitrogens with zero attached hydrogens (tertiary/aromatic N) is 3. The minimum atomic E-state index is -1.07. The maximum absolute atomic E-state index is 13.7. The van der Waals surface area contributed by atoms with Crippen molar-refractivity contribution >= 4 is 29.6 Å². The van der Waals surface area contributed by atoms with E-state index >= 15 is 0 Å². The van der Waals surface area contributed by atoms with Crippen LogP contribution in [0, 0.1) is 29.0 Å². The van der Waals surface area contributed by atoms with E-state index in [-0.39, 0.29) is 23.8 Å². The summed E-state index contributed by atoms with van der Waals surface area (Å²) in [5.41, 5.74) is 1.18. The second kappa shape index (κ2) is 15.7. The molecule has 0 spiro atoms. The van der Waals surface area contributed by atoms with Crippen LogP contribution in [-0.2, 0) is 14.4 Å². The van der Waals surface area contributed by atoms with Gasteiger partial charge in [0, 0.05) is 31.9 Å². The van der Waals surface area contributed by atoms with Crippen LogP contribution in [0.4, 0.5) is 4.39 Å². The van der Waals surface area contributed by atoms with Gasteiger partial charge in [-0.05, 0) is 87.4 Å². The summed E-state index contributed by atoms with van der Waals surface area (Å²) in [4.78, 5) is 43.3. The summed E-state index contributed by atoms with van der Waals surface area (Å²) >= 11 is 0. The minimum Gasteiger partial charge on any atom is -0.481 e. The van der Waals surface area contributed by atoms with Gasteiger partial charge >= 0.3 is 5.97 Å². The Labute approximate surface area is 234 Å². The van der Waals surface area contributed by atoms with E-state index in [1.54, 1.807) is 24.0 Å². The van der Waals surface area contributed by atoms with Crippen LogP contribution in [-0.4, -0.2) is 66.2 Å². The van der Waals surface area contributed by atoms with Gasteiger partial charge < -0.3 is 20.6 Å². The molecule has 1 aromatic carbocycles. The van der Waals surface area contributed by atoms with Crippen LogP contribution in [0.15, 0.2) is 41.5 Å². The first-order valence-electron chi connectivity index (χ1n) is 13.9. The Bertz CT molecular complexity index is 1180. The van der Waals surface area contributed by atoms with Crippen molar-refractivity contribution in [3.8, 4) is 6.07 Å². The molecule has 10 heteroatoms. The summed E-state index contributed by atoms with van der Waals surface area (Å²) in [6.07, 6.45) is 10.8. The van der Waals surface area contributed by atoms with E-state index in [1.165, 1.54) is 30.6 Å². The highest BCUT2D eigenvalue weighted by molar-refractivity contribution is 6.10. The third-order valence-electron chi connectivity index (χ3n) is 7.44. The fourth-order valence-electron chi connectivity index (χ4n) is 5.11. The zero-order valence-electron chi connectivity index (χ0n) is 22.9. The van der Waals surface area contributed by atoms with E-state index < -0.39 is 23.7 Å². The second-order valence-corrected chi connectivity index (χ2v) is 10.3. The van der Waals surface area contributed by atoms with Gasteiger partial charge in [0.2, 0.25) is 11.8 Å². The number of nitrogens with one attached hydrogen (secondary N) is 2. The van der Waals surface area contributed by atoms with Crippen LogP contribution in [0.2, 0.25) is 0 Å². The SMILES string of the molecule is C\C=C(/C=N\C=C\C(CC(=O)O)NC(=O)C1CCCN(C(=O)CCC2CCNCC2)C1)c1ccc(F)c(C#N)c1. The number of carboxylic acids is 1. The van der Waals surface area contributed by atoms with Gasteiger partial charge in [0.1, 0.15) is 11.9 Å². The molecule has 2 aliphatic rings. The number of aliphatic carboxylic acids is 1. The molecule has 3 rings (SSSR count). The Morgan fingerprint density at radius 2 is 2.08 bits per heavy atom. The minimum absolute atomic E-state index is 0.0743. The highest BCUT2D eigenvalue weighted by Crippen LogP contribution is 2.22. The predicted octanol–water partition coefficient (Wildman–Crippen LogP) is 3.66. The first-order valence-corrected chi connectivity index (χ1v) is 13.9. The van der Waals surface area contributed by atoms with Crippen LogP contribution in [0.25, 0.3) is 5.57 Å². The number of carbonyl (C=O) groups excluding carboxylic acids is 2. The Morgan fingerprint density at radius 1 is 1.30 bits per heavy atom. The summed E-state index contributed by atoms with van der Waals surface area (Å²) in [6, 6.07) is 5.22. The average molecular weight is 552 g/mol. The lowest BCUT2D eigenvalue weighted by molar-refractivity contribution is -0.137. The highest BCUT2D eigenvalue weighted by atomic mass is 19.1. The number of benzene rings is 1. The number of halogens is 1. The molecule has 2 heterocycles. The molecule has 1 aromatic rings. The van der Waals surface area contributed by atoms with Gasteiger partial charge in [-0.15, -0.1) is 0 Å². The van der Waals surface area contributed by atoms with E-state index in [9.17, 15) is 23.9 Å². The standard InChI is InChI=1S/C30H38FN5O4/c1-2-22(23-6-7-27(31)25(16-23)18-32)19-34-14-11-26(17-29(38)39)35-30(40)24-4-3-15-36(20-24)28(37)8-5-21-9-12-33-13-10-21/h2,6-7,11,14,16,19,21,24,26,33H,3-5,8-10,12-13,15,17,20H2,1H3,(H,35,40)(H,38,39)/b14-11+,22-2+,34-19-. The van der Waals surface area contributed by atoms with Gasteiger partial charge in [0.15, 0.2) is 0 Å². The quantitative estimate of drug-likeness (QED) is 0.359. The topological polar surface area (TPSA) is 135 Å². The van der Waals surface area contributed by atoms with Crippen molar-refractivity contribution < 1.29 is 23.9 Å². The molecule has 0 bridgehead atoms. The van der Waals surface area contributed by atoms with Crippen molar-refractivity contribution in [2.24, 2.45) is 16.8 Å². The molecule has 0 saturated carbocycles. The first-order chi connectivity index (χ1) is 19.3. The van der Waals surface area contributed by atoms with Crippen molar-refractivity contribution in [1.82, 2.24) is 15.5 Å². The number of carboxylic acid groups (broad SMARTS) is 1. The van der Waals surface area contributed by atoms with E-state index in [0.29, 0.717) is 43.0 Å². The summed E-state index contributed by atoms with van der Waals surface area (Å²) in [5.74, 6) is -1.70. The van der Waals surface area contributed by atoms with Crippen molar-refractivity contribution in [3.63, 3.8) is 0 Å². The van der Waals surface area contributed by atoms with Crippen LogP contribution >= 0.6 is 0 Å². The Kier molecular flexibility index (Phi) is 12.0. The van der Waals surface area contributed by atoms with Crippen molar-refractivity contribution in [2.45, 2.75) is 57.9 Å². The molecule has 0 aliphatic carbocycles. The lowest BCUT2D eigenvalue weighted by Gasteiger charge is -2.33. The molecule has 0 aromatic heterocycles. The number of likely N-dealkylation sites (tertiary alicyclic amines) is 1. The number of nitriles is 1. The molecule has 2 fully saturated rings.